The van der Waals surface area contributed by atoms with E-state index in [1.54, 1.807) is 6.07 Å². The van der Waals surface area contributed by atoms with E-state index in [9.17, 15) is 9.90 Å². The van der Waals surface area contributed by atoms with Gasteiger partial charge in [0.15, 0.2) is 6.29 Å². The van der Waals surface area contributed by atoms with Crippen LogP contribution in [-0.2, 0) is 45.3 Å². The van der Waals surface area contributed by atoms with Crippen molar-refractivity contribution in [1.82, 2.24) is 4.57 Å². The van der Waals surface area contributed by atoms with Crippen molar-refractivity contribution in [1.29, 1.82) is 0 Å². The van der Waals surface area contributed by atoms with E-state index >= 15 is 0 Å². The van der Waals surface area contributed by atoms with Crippen LogP contribution in [0.15, 0.2) is 72.8 Å². The zero-order valence-corrected chi connectivity index (χ0v) is 18.2. The van der Waals surface area contributed by atoms with Crippen molar-refractivity contribution in [3.63, 3.8) is 0 Å². The highest BCUT2D eigenvalue weighted by Gasteiger charge is 2.54. The number of aliphatic hydroxyl groups is 1. The van der Waals surface area contributed by atoms with Gasteiger partial charge in [0.25, 0.3) is 0 Å². The fraction of sp³-hybridized carbons (Fsp3) is 0.346. The van der Waals surface area contributed by atoms with E-state index in [2.05, 4.69) is 0 Å². The maximum absolute atomic E-state index is 11.5. The van der Waals surface area contributed by atoms with Crippen LogP contribution in [0.1, 0.15) is 27.3 Å². The maximum atomic E-state index is 11.5. The number of aromatic nitrogens is 1. The summed E-state index contributed by atoms with van der Waals surface area (Å²) < 4.78 is 26.4. The first-order valence-electron chi connectivity index (χ1n) is 11.1. The lowest BCUT2D eigenvalue weighted by molar-refractivity contribution is -0.363. The fourth-order valence-corrected chi connectivity index (χ4v) is 4.42. The number of fused-ring (bicyclic) bond motifs is 1. The number of aldehydes is 1. The van der Waals surface area contributed by atoms with Crippen LogP contribution in [0.2, 0.25) is 0 Å². The Hall–Kier alpha value is -2.81. The number of rotatable bonds is 7. The van der Waals surface area contributed by atoms with Crippen molar-refractivity contribution >= 4 is 6.29 Å². The number of hydrogen-bond acceptors (Lipinski definition) is 6. The number of nitrogens with zero attached hydrogens (tertiary/aromatic N) is 1. The van der Waals surface area contributed by atoms with Crippen LogP contribution in [0.3, 0.4) is 0 Å². The molecule has 7 heteroatoms. The van der Waals surface area contributed by atoms with Crippen LogP contribution in [0.4, 0.5) is 0 Å². The molecule has 4 atom stereocenters. The molecule has 5 rings (SSSR count). The predicted molar refractivity (Wildman–Crippen MR) is 119 cm³/mol. The standard InChI is InChI=1S/C26H27NO6/c28-13-21-11-12-22-16-32-26(18-27(21)22)25(29)24(31-15-20-9-5-2-6-10-20)23(17-33-26)30-14-19-7-3-1-4-8-19/h1-13,23-25,29H,14-18H2/t23-,24-,25+,26+/m1/s1. The van der Waals surface area contributed by atoms with Gasteiger partial charge in [-0.05, 0) is 23.3 Å². The van der Waals surface area contributed by atoms with Gasteiger partial charge in [0, 0.05) is 5.69 Å². The first-order chi connectivity index (χ1) is 16.2. The Morgan fingerprint density at radius 3 is 2.27 bits per heavy atom. The lowest BCUT2D eigenvalue weighted by Gasteiger charge is -2.49. The third-order valence-corrected chi connectivity index (χ3v) is 6.28. The fourth-order valence-electron chi connectivity index (χ4n) is 4.42. The molecule has 3 heterocycles. The molecule has 2 aliphatic heterocycles. The topological polar surface area (TPSA) is 79.2 Å². The van der Waals surface area contributed by atoms with Crippen molar-refractivity contribution in [3.05, 3.63) is 95.3 Å². The minimum Gasteiger partial charge on any atom is -0.385 e. The third kappa shape index (κ3) is 4.51. The number of carbonyl (C=O) groups excluding carboxylic acids is 1. The highest BCUT2D eigenvalue weighted by Crippen LogP contribution is 2.37. The van der Waals surface area contributed by atoms with Gasteiger partial charge < -0.3 is 28.6 Å². The predicted octanol–water partition coefficient (Wildman–Crippen LogP) is 3.09. The average Bonchev–Trinajstić information content (AvgIpc) is 3.27. The van der Waals surface area contributed by atoms with Crippen molar-refractivity contribution < 1.29 is 28.8 Å². The maximum Gasteiger partial charge on any atom is 0.216 e. The van der Waals surface area contributed by atoms with Crippen LogP contribution in [-0.4, -0.2) is 46.7 Å². The van der Waals surface area contributed by atoms with E-state index in [4.69, 9.17) is 18.9 Å². The average molecular weight is 450 g/mol. The summed E-state index contributed by atoms with van der Waals surface area (Å²) in [6, 6.07) is 23.2. The van der Waals surface area contributed by atoms with Crippen LogP contribution < -0.4 is 0 Å². The zero-order chi connectivity index (χ0) is 22.7. The van der Waals surface area contributed by atoms with E-state index in [1.165, 1.54) is 0 Å². The van der Waals surface area contributed by atoms with Gasteiger partial charge in [-0.3, -0.25) is 4.79 Å². The van der Waals surface area contributed by atoms with Crippen molar-refractivity contribution in [2.45, 2.75) is 50.5 Å². The summed E-state index contributed by atoms with van der Waals surface area (Å²) >= 11 is 0. The molecule has 7 nitrogen and oxygen atoms in total. The normalized spacial score (nSPS) is 26.8. The molecule has 2 aliphatic rings. The van der Waals surface area contributed by atoms with Crippen molar-refractivity contribution in [2.24, 2.45) is 0 Å². The molecule has 0 radical (unpaired) electrons. The molecule has 2 aromatic carbocycles. The number of carbonyl (C=O) groups is 1. The zero-order valence-electron chi connectivity index (χ0n) is 18.2. The lowest BCUT2D eigenvalue weighted by Crippen LogP contribution is -2.65. The Morgan fingerprint density at radius 2 is 1.61 bits per heavy atom. The molecule has 0 saturated carbocycles. The van der Waals surface area contributed by atoms with Gasteiger partial charge >= 0.3 is 0 Å². The van der Waals surface area contributed by atoms with Crippen LogP contribution >= 0.6 is 0 Å². The molecule has 1 fully saturated rings. The Kier molecular flexibility index (Phi) is 6.39. The molecule has 33 heavy (non-hydrogen) atoms. The summed E-state index contributed by atoms with van der Waals surface area (Å²) in [6.07, 6.45) is -1.49. The SMILES string of the molecule is O=Cc1ccc2n1C[C@]1(OC2)OC[C@@H](OCc2ccccc2)[C@@H](OCc2ccccc2)[C@@H]1O. The van der Waals surface area contributed by atoms with E-state index < -0.39 is 24.1 Å². The molecule has 1 spiro atoms. The summed E-state index contributed by atoms with van der Waals surface area (Å²) in [5, 5.41) is 11.5. The number of aliphatic hydroxyl groups excluding tert-OH is 1. The Bertz CT molecular complexity index is 1070. The van der Waals surface area contributed by atoms with Gasteiger partial charge in [0.2, 0.25) is 5.79 Å². The van der Waals surface area contributed by atoms with Crippen LogP contribution in [0.5, 0.6) is 0 Å². The number of ether oxygens (including phenoxy) is 4. The summed E-state index contributed by atoms with van der Waals surface area (Å²) in [5.41, 5.74) is 3.40. The smallest absolute Gasteiger partial charge is 0.216 e. The second-order valence-electron chi connectivity index (χ2n) is 8.41. The molecule has 0 amide bonds. The minimum atomic E-state index is -1.32. The summed E-state index contributed by atoms with van der Waals surface area (Å²) in [6.45, 7) is 1.30. The van der Waals surface area contributed by atoms with Crippen LogP contribution in [0.25, 0.3) is 0 Å². The lowest BCUT2D eigenvalue weighted by atomic mass is 9.95. The van der Waals surface area contributed by atoms with Gasteiger partial charge in [0.05, 0.1) is 38.7 Å². The Labute approximate surface area is 192 Å². The first kappa shape index (κ1) is 22.0. The van der Waals surface area contributed by atoms with Crippen molar-refractivity contribution in [3.8, 4) is 0 Å². The van der Waals surface area contributed by atoms with E-state index in [-0.39, 0.29) is 19.8 Å². The number of benzene rings is 2. The Balaban J connectivity index is 1.36. The molecular weight excluding hydrogens is 422 g/mol. The molecule has 0 unspecified atom stereocenters. The second kappa shape index (κ2) is 9.59. The third-order valence-electron chi connectivity index (χ3n) is 6.28. The molecular formula is C26H27NO6. The summed E-state index contributed by atoms with van der Waals surface area (Å²) in [5.74, 6) is -1.32. The van der Waals surface area contributed by atoms with E-state index in [0.29, 0.717) is 18.9 Å². The van der Waals surface area contributed by atoms with Gasteiger partial charge in [-0.1, -0.05) is 60.7 Å². The molecule has 172 valence electrons. The van der Waals surface area contributed by atoms with Crippen LogP contribution in [0, 0.1) is 0 Å². The van der Waals surface area contributed by atoms with Crippen molar-refractivity contribution in [2.75, 3.05) is 6.61 Å². The van der Waals surface area contributed by atoms with E-state index in [0.717, 1.165) is 23.1 Å². The molecule has 0 bridgehead atoms. The van der Waals surface area contributed by atoms with Gasteiger partial charge in [-0.2, -0.15) is 0 Å². The monoisotopic (exact) mass is 449 g/mol. The van der Waals surface area contributed by atoms with Gasteiger partial charge in [-0.25, -0.2) is 0 Å². The Morgan fingerprint density at radius 1 is 0.939 bits per heavy atom. The first-order valence-corrected chi connectivity index (χ1v) is 11.1. The van der Waals surface area contributed by atoms with Gasteiger partial charge in [-0.15, -0.1) is 0 Å². The molecule has 3 aromatic rings. The second-order valence-corrected chi connectivity index (χ2v) is 8.41. The number of hydrogen-bond donors (Lipinski definition) is 1. The minimum absolute atomic E-state index is 0.191. The molecule has 1 N–H and O–H groups in total. The molecule has 0 aliphatic carbocycles. The highest BCUT2D eigenvalue weighted by molar-refractivity contribution is 5.72. The molecule has 1 aromatic heterocycles. The van der Waals surface area contributed by atoms with Gasteiger partial charge in [0.1, 0.15) is 18.3 Å². The van der Waals surface area contributed by atoms with E-state index in [1.807, 2.05) is 71.3 Å². The summed E-state index contributed by atoms with van der Waals surface area (Å²) in [7, 11) is 0. The quantitative estimate of drug-likeness (QED) is 0.559. The highest BCUT2D eigenvalue weighted by atomic mass is 16.7. The summed E-state index contributed by atoms with van der Waals surface area (Å²) in [4.78, 5) is 11.5. The molecule has 1 saturated heterocycles. The largest absolute Gasteiger partial charge is 0.385 e.